The number of hydrogen-bond acceptors (Lipinski definition) is 6. The maximum Gasteiger partial charge on any atom is 0.263 e. The van der Waals surface area contributed by atoms with Gasteiger partial charge in [0, 0.05) is 31.7 Å². The summed E-state index contributed by atoms with van der Waals surface area (Å²) < 4.78 is 6.82. The maximum absolute atomic E-state index is 12.8. The molecular weight excluding hydrogens is 408 g/mol. The number of nitrogens with one attached hydrogen (secondary N) is 1. The van der Waals surface area contributed by atoms with Gasteiger partial charge in [-0.2, -0.15) is 10.1 Å². The Hall–Kier alpha value is -4.14. The standard InChI is InChI=1S/C23H22N6O3/c1-32-18-9-7-16(8-10-18)22(31)27-11-13-28(14-12-27)23-25-20-19(21(30)26-23)15-24-29(20)17-5-3-2-4-6-17/h2-10,15H,11-14H2,1H3,(H,25,26,30). The van der Waals surface area contributed by atoms with Crippen molar-refractivity contribution in [1.29, 1.82) is 0 Å². The molecule has 0 spiro atoms. The van der Waals surface area contributed by atoms with Gasteiger partial charge in [-0.1, -0.05) is 18.2 Å². The number of para-hydroxylation sites is 1. The summed E-state index contributed by atoms with van der Waals surface area (Å²) in [5.74, 6) is 1.18. The second-order valence-electron chi connectivity index (χ2n) is 7.53. The van der Waals surface area contributed by atoms with Crippen molar-refractivity contribution < 1.29 is 9.53 Å². The number of carbonyl (C=O) groups excluding carboxylic acids is 1. The van der Waals surface area contributed by atoms with Gasteiger partial charge in [0.25, 0.3) is 11.5 Å². The summed E-state index contributed by atoms with van der Waals surface area (Å²) in [5.41, 5.74) is 1.73. The molecule has 162 valence electrons. The molecule has 0 atom stereocenters. The number of anilines is 1. The number of hydrogen-bond donors (Lipinski definition) is 1. The van der Waals surface area contributed by atoms with Crippen LogP contribution in [0.2, 0.25) is 0 Å². The lowest BCUT2D eigenvalue weighted by molar-refractivity contribution is 0.0746. The summed E-state index contributed by atoms with van der Waals surface area (Å²) in [6.07, 6.45) is 1.53. The highest BCUT2D eigenvalue weighted by Gasteiger charge is 2.24. The lowest BCUT2D eigenvalue weighted by atomic mass is 10.1. The van der Waals surface area contributed by atoms with Gasteiger partial charge in [-0.15, -0.1) is 0 Å². The molecule has 2 aromatic heterocycles. The monoisotopic (exact) mass is 430 g/mol. The van der Waals surface area contributed by atoms with E-state index in [0.29, 0.717) is 54.5 Å². The first-order valence-corrected chi connectivity index (χ1v) is 10.4. The van der Waals surface area contributed by atoms with Crippen LogP contribution in [-0.2, 0) is 0 Å². The zero-order valence-electron chi connectivity index (χ0n) is 17.6. The van der Waals surface area contributed by atoms with Gasteiger partial charge in [-0.05, 0) is 36.4 Å². The molecule has 0 unspecified atom stereocenters. The second-order valence-corrected chi connectivity index (χ2v) is 7.53. The molecule has 3 heterocycles. The third kappa shape index (κ3) is 3.58. The van der Waals surface area contributed by atoms with Crippen LogP contribution in [0.3, 0.4) is 0 Å². The van der Waals surface area contributed by atoms with Gasteiger partial charge in [0.2, 0.25) is 5.95 Å². The smallest absolute Gasteiger partial charge is 0.263 e. The number of rotatable bonds is 4. The molecular formula is C23H22N6O3. The molecule has 2 aromatic carbocycles. The molecule has 1 saturated heterocycles. The van der Waals surface area contributed by atoms with Crippen molar-refractivity contribution in [2.24, 2.45) is 0 Å². The molecule has 1 amide bonds. The summed E-state index contributed by atoms with van der Waals surface area (Å²) in [6, 6.07) is 16.7. The summed E-state index contributed by atoms with van der Waals surface area (Å²) >= 11 is 0. The number of fused-ring (bicyclic) bond motifs is 1. The number of amides is 1. The van der Waals surface area contributed by atoms with E-state index in [1.807, 2.05) is 40.1 Å². The first-order chi connectivity index (χ1) is 15.6. The highest BCUT2D eigenvalue weighted by atomic mass is 16.5. The van der Waals surface area contributed by atoms with Crippen LogP contribution in [0.1, 0.15) is 10.4 Å². The third-order valence-electron chi connectivity index (χ3n) is 5.63. The number of piperazine rings is 1. The van der Waals surface area contributed by atoms with Crippen LogP contribution >= 0.6 is 0 Å². The van der Waals surface area contributed by atoms with Crippen LogP contribution in [-0.4, -0.2) is 63.8 Å². The molecule has 5 rings (SSSR count). The normalized spacial score (nSPS) is 14.0. The number of carbonyl (C=O) groups is 1. The minimum atomic E-state index is -0.232. The van der Waals surface area contributed by atoms with Gasteiger partial charge >= 0.3 is 0 Å². The largest absolute Gasteiger partial charge is 0.497 e. The minimum Gasteiger partial charge on any atom is -0.497 e. The zero-order valence-corrected chi connectivity index (χ0v) is 17.6. The van der Waals surface area contributed by atoms with Crippen LogP contribution in [0.25, 0.3) is 16.7 Å². The molecule has 1 N–H and O–H groups in total. The highest BCUT2D eigenvalue weighted by Crippen LogP contribution is 2.19. The number of aromatic nitrogens is 4. The predicted octanol–water partition coefficient (Wildman–Crippen LogP) is 2.08. The Kier molecular flexibility index (Phi) is 5.06. The van der Waals surface area contributed by atoms with Crippen molar-refractivity contribution in [3.8, 4) is 11.4 Å². The number of H-pyrrole nitrogens is 1. The first-order valence-electron chi connectivity index (χ1n) is 10.4. The Morgan fingerprint density at radius 3 is 2.41 bits per heavy atom. The van der Waals surface area contributed by atoms with Crippen molar-refractivity contribution in [3.63, 3.8) is 0 Å². The maximum atomic E-state index is 12.8. The number of aromatic amines is 1. The Bertz CT molecular complexity index is 1310. The van der Waals surface area contributed by atoms with Gasteiger partial charge < -0.3 is 14.5 Å². The quantitative estimate of drug-likeness (QED) is 0.533. The summed E-state index contributed by atoms with van der Waals surface area (Å²) in [5, 5.41) is 4.78. The molecule has 0 aliphatic carbocycles. The lowest BCUT2D eigenvalue weighted by Crippen LogP contribution is -2.49. The zero-order chi connectivity index (χ0) is 22.1. The summed E-state index contributed by atoms with van der Waals surface area (Å²) in [6.45, 7) is 2.20. The topological polar surface area (TPSA) is 96.3 Å². The van der Waals surface area contributed by atoms with E-state index in [2.05, 4.69) is 10.1 Å². The van der Waals surface area contributed by atoms with E-state index in [-0.39, 0.29) is 11.5 Å². The molecule has 0 radical (unpaired) electrons. The fraction of sp³-hybridized carbons (Fsp3) is 0.217. The highest BCUT2D eigenvalue weighted by molar-refractivity contribution is 5.94. The van der Waals surface area contributed by atoms with Gasteiger partial charge in [-0.3, -0.25) is 14.6 Å². The molecule has 1 aliphatic rings. The number of ether oxygens (including phenoxy) is 1. The molecule has 4 aromatic rings. The van der Waals surface area contributed by atoms with Crippen LogP contribution < -0.4 is 15.2 Å². The molecule has 9 heteroatoms. The molecule has 9 nitrogen and oxygen atoms in total. The van der Waals surface area contributed by atoms with Gasteiger partial charge in [0.1, 0.15) is 11.1 Å². The van der Waals surface area contributed by atoms with E-state index >= 15 is 0 Å². The average Bonchev–Trinajstić information content (AvgIpc) is 3.29. The van der Waals surface area contributed by atoms with E-state index in [0.717, 1.165) is 5.69 Å². The van der Waals surface area contributed by atoms with E-state index in [1.165, 1.54) is 6.20 Å². The third-order valence-corrected chi connectivity index (χ3v) is 5.63. The fourth-order valence-electron chi connectivity index (χ4n) is 3.85. The fourth-order valence-corrected chi connectivity index (χ4v) is 3.85. The van der Waals surface area contributed by atoms with Crippen LogP contribution in [0.5, 0.6) is 5.75 Å². The van der Waals surface area contributed by atoms with Crippen molar-refractivity contribution in [2.45, 2.75) is 0 Å². The van der Waals surface area contributed by atoms with Crippen LogP contribution in [0, 0.1) is 0 Å². The van der Waals surface area contributed by atoms with Gasteiger partial charge in [0.15, 0.2) is 5.65 Å². The van der Waals surface area contributed by atoms with Crippen molar-refractivity contribution in [3.05, 3.63) is 76.7 Å². The predicted molar refractivity (Wildman–Crippen MR) is 121 cm³/mol. The average molecular weight is 430 g/mol. The Balaban J connectivity index is 1.35. The number of benzene rings is 2. The first kappa shape index (κ1) is 19.8. The number of nitrogens with zero attached hydrogens (tertiary/aromatic N) is 5. The summed E-state index contributed by atoms with van der Waals surface area (Å²) in [4.78, 5) is 36.8. The van der Waals surface area contributed by atoms with Gasteiger partial charge in [-0.25, -0.2) is 4.68 Å². The molecule has 1 aliphatic heterocycles. The van der Waals surface area contributed by atoms with E-state index < -0.39 is 0 Å². The molecule has 0 saturated carbocycles. The van der Waals surface area contributed by atoms with E-state index in [1.54, 1.807) is 36.1 Å². The lowest BCUT2D eigenvalue weighted by Gasteiger charge is -2.35. The Morgan fingerprint density at radius 2 is 1.72 bits per heavy atom. The minimum absolute atomic E-state index is 0.0219. The SMILES string of the molecule is COc1ccc(C(=O)N2CCN(c3nc4c(cnn4-c4ccccc4)c(=O)[nH]3)CC2)cc1. The molecule has 1 fully saturated rings. The Labute approximate surface area is 183 Å². The second kappa shape index (κ2) is 8.18. The van der Waals surface area contributed by atoms with Crippen molar-refractivity contribution >= 4 is 22.9 Å². The van der Waals surface area contributed by atoms with E-state index in [9.17, 15) is 9.59 Å². The van der Waals surface area contributed by atoms with Crippen LogP contribution in [0.15, 0.2) is 65.6 Å². The van der Waals surface area contributed by atoms with Crippen molar-refractivity contribution in [2.75, 3.05) is 38.2 Å². The number of methoxy groups -OCH3 is 1. The summed E-state index contributed by atoms with van der Waals surface area (Å²) in [7, 11) is 1.60. The van der Waals surface area contributed by atoms with Crippen LogP contribution in [0.4, 0.5) is 5.95 Å². The van der Waals surface area contributed by atoms with Crippen molar-refractivity contribution in [1.82, 2.24) is 24.6 Å². The molecule has 0 bridgehead atoms. The molecule has 32 heavy (non-hydrogen) atoms. The van der Waals surface area contributed by atoms with E-state index in [4.69, 9.17) is 9.72 Å². The Morgan fingerprint density at radius 1 is 1.00 bits per heavy atom. The van der Waals surface area contributed by atoms with Gasteiger partial charge in [0.05, 0.1) is 19.0 Å².